The highest BCUT2D eigenvalue weighted by atomic mass is 32.1. The van der Waals surface area contributed by atoms with Crippen molar-refractivity contribution in [2.75, 3.05) is 13.6 Å². The molecule has 80 valence electrons. The Morgan fingerprint density at radius 1 is 1.43 bits per heavy atom. The molecule has 0 unspecified atom stereocenters. The molecule has 0 radical (unpaired) electrons. The van der Waals surface area contributed by atoms with Gasteiger partial charge in [-0.2, -0.15) is 13.2 Å². The molecular weight excluding hydrogens is 211 g/mol. The summed E-state index contributed by atoms with van der Waals surface area (Å²) < 4.78 is 36.0. The summed E-state index contributed by atoms with van der Waals surface area (Å²) in [5.74, 6) is 0. The highest BCUT2D eigenvalue weighted by Crippen LogP contribution is 2.20. The molecule has 0 aliphatic heterocycles. The van der Waals surface area contributed by atoms with E-state index >= 15 is 0 Å². The fourth-order valence-electron chi connectivity index (χ4n) is 1.17. The molecule has 0 fully saturated rings. The Labute approximate surface area is 85.2 Å². The number of alkyl halides is 3. The summed E-state index contributed by atoms with van der Waals surface area (Å²) in [7, 11) is 1.48. The maximum Gasteiger partial charge on any atom is 0.401 e. The van der Waals surface area contributed by atoms with Crippen LogP contribution in [0.4, 0.5) is 13.2 Å². The zero-order valence-electron chi connectivity index (χ0n) is 8.06. The van der Waals surface area contributed by atoms with Crippen LogP contribution in [0.25, 0.3) is 0 Å². The van der Waals surface area contributed by atoms with Crippen molar-refractivity contribution in [2.24, 2.45) is 0 Å². The van der Waals surface area contributed by atoms with E-state index in [1.807, 2.05) is 18.4 Å². The molecule has 0 N–H and O–H groups in total. The van der Waals surface area contributed by atoms with Gasteiger partial charge in [-0.1, -0.05) is 0 Å². The molecule has 1 nitrogen and oxygen atoms in total. The summed E-state index contributed by atoms with van der Waals surface area (Å²) in [6, 6.07) is 1.92. The standard InChI is InChI=1S/C9H12F3NS/c1-7-3-4-14-8(7)5-13(2)6-9(10,11)12/h3-4H,5-6H2,1-2H3. The lowest BCUT2D eigenvalue weighted by atomic mass is 10.3. The molecule has 0 aliphatic rings. The Balaban J connectivity index is 2.50. The van der Waals surface area contributed by atoms with Gasteiger partial charge in [0, 0.05) is 11.4 Å². The predicted molar refractivity (Wildman–Crippen MR) is 51.4 cm³/mol. The van der Waals surface area contributed by atoms with Crippen molar-refractivity contribution in [3.8, 4) is 0 Å². The second-order valence-corrected chi connectivity index (χ2v) is 4.31. The summed E-state index contributed by atoms with van der Waals surface area (Å²) in [5.41, 5.74) is 1.06. The molecule has 0 atom stereocenters. The van der Waals surface area contributed by atoms with Crippen LogP contribution >= 0.6 is 11.3 Å². The van der Waals surface area contributed by atoms with Crippen LogP contribution in [-0.4, -0.2) is 24.7 Å². The first-order valence-corrected chi connectivity index (χ1v) is 5.05. The fourth-order valence-corrected chi connectivity index (χ4v) is 2.16. The van der Waals surface area contributed by atoms with Crippen LogP contribution in [0.3, 0.4) is 0 Å². The lowest BCUT2D eigenvalue weighted by molar-refractivity contribution is -0.143. The van der Waals surface area contributed by atoms with E-state index < -0.39 is 12.7 Å². The molecule has 0 aromatic carbocycles. The van der Waals surface area contributed by atoms with Crippen LogP contribution in [0, 0.1) is 6.92 Å². The monoisotopic (exact) mass is 223 g/mol. The van der Waals surface area contributed by atoms with Crippen molar-refractivity contribution in [3.63, 3.8) is 0 Å². The molecule has 0 spiro atoms. The highest BCUT2D eigenvalue weighted by molar-refractivity contribution is 7.10. The van der Waals surface area contributed by atoms with E-state index in [-0.39, 0.29) is 0 Å². The maximum absolute atomic E-state index is 12.0. The van der Waals surface area contributed by atoms with E-state index in [1.165, 1.54) is 23.3 Å². The quantitative estimate of drug-likeness (QED) is 0.761. The van der Waals surface area contributed by atoms with Gasteiger partial charge in [0.1, 0.15) is 0 Å². The largest absolute Gasteiger partial charge is 0.401 e. The van der Waals surface area contributed by atoms with Gasteiger partial charge in [0.05, 0.1) is 6.54 Å². The average molecular weight is 223 g/mol. The third kappa shape index (κ3) is 3.67. The topological polar surface area (TPSA) is 3.24 Å². The number of hydrogen-bond donors (Lipinski definition) is 0. The van der Waals surface area contributed by atoms with Crippen molar-refractivity contribution in [1.82, 2.24) is 4.90 Å². The van der Waals surface area contributed by atoms with Crippen LogP contribution in [-0.2, 0) is 6.54 Å². The van der Waals surface area contributed by atoms with E-state index in [1.54, 1.807) is 0 Å². The molecule has 0 bridgehead atoms. The summed E-state index contributed by atoms with van der Waals surface area (Å²) in [6.45, 7) is 1.42. The van der Waals surface area contributed by atoms with E-state index in [9.17, 15) is 13.2 Å². The first-order chi connectivity index (χ1) is 6.38. The van der Waals surface area contributed by atoms with Crippen LogP contribution in [0.1, 0.15) is 10.4 Å². The molecule has 0 aliphatic carbocycles. The van der Waals surface area contributed by atoms with Gasteiger partial charge in [-0.15, -0.1) is 11.3 Å². The Morgan fingerprint density at radius 3 is 2.50 bits per heavy atom. The van der Waals surface area contributed by atoms with Gasteiger partial charge in [-0.05, 0) is 31.0 Å². The molecule has 5 heteroatoms. The number of thiophene rings is 1. The molecule has 0 saturated carbocycles. The normalized spacial score (nSPS) is 12.4. The third-order valence-corrected chi connectivity index (χ3v) is 2.84. The Morgan fingerprint density at radius 2 is 2.07 bits per heavy atom. The SMILES string of the molecule is Cc1ccsc1CN(C)CC(F)(F)F. The molecule has 0 amide bonds. The zero-order valence-corrected chi connectivity index (χ0v) is 8.87. The van der Waals surface area contributed by atoms with Crippen molar-refractivity contribution in [3.05, 3.63) is 21.9 Å². The molecule has 1 heterocycles. The summed E-state index contributed by atoms with van der Waals surface area (Å²) in [4.78, 5) is 2.27. The number of nitrogens with zero attached hydrogens (tertiary/aromatic N) is 1. The van der Waals surface area contributed by atoms with Crippen molar-refractivity contribution in [2.45, 2.75) is 19.6 Å². The lowest BCUT2D eigenvalue weighted by Crippen LogP contribution is -2.30. The van der Waals surface area contributed by atoms with Gasteiger partial charge in [-0.3, -0.25) is 4.90 Å². The highest BCUT2D eigenvalue weighted by Gasteiger charge is 2.29. The van der Waals surface area contributed by atoms with E-state index in [2.05, 4.69) is 0 Å². The molecule has 1 rings (SSSR count). The first-order valence-electron chi connectivity index (χ1n) is 4.17. The van der Waals surface area contributed by atoms with Gasteiger partial charge in [-0.25, -0.2) is 0 Å². The van der Waals surface area contributed by atoms with Gasteiger partial charge in [0.2, 0.25) is 0 Å². The van der Waals surface area contributed by atoms with Crippen LogP contribution in [0.15, 0.2) is 11.4 Å². The number of aryl methyl sites for hydroxylation is 1. The van der Waals surface area contributed by atoms with Crippen molar-refractivity contribution >= 4 is 11.3 Å². The Hall–Kier alpha value is -0.550. The van der Waals surface area contributed by atoms with E-state index in [0.717, 1.165) is 10.4 Å². The third-order valence-electron chi connectivity index (χ3n) is 1.83. The van der Waals surface area contributed by atoms with Gasteiger partial charge < -0.3 is 0 Å². The molecule has 0 saturated heterocycles. The van der Waals surface area contributed by atoms with E-state index in [0.29, 0.717) is 6.54 Å². The minimum absolute atomic E-state index is 0.364. The van der Waals surface area contributed by atoms with Gasteiger partial charge >= 0.3 is 6.18 Å². The second-order valence-electron chi connectivity index (χ2n) is 3.31. The van der Waals surface area contributed by atoms with Crippen molar-refractivity contribution < 1.29 is 13.2 Å². The van der Waals surface area contributed by atoms with E-state index in [4.69, 9.17) is 0 Å². The Bertz CT molecular complexity index is 292. The lowest BCUT2D eigenvalue weighted by Gasteiger charge is -2.17. The first kappa shape index (κ1) is 11.5. The molecule has 14 heavy (non-hydrogen) atoms. The van der Waals surface area contributed by atoms with Gasteiger partial charge in [0.15, 0.2) is 0 Å². The Kier molecular flexibility index (Phi) is 3.55. The van der Waals surface area contributed by atoms with Crippen LogP contribution in [0.2, 0.25) is 0 Å². The molecule has 1 aromatic rings. The molecular formula is C9H12F3NS. The molecule has 1 aromatic heterocycles. The summed E-state index contributed by atoms with van der Waals surface area (Å²) in [6.07, 6.45) is -4.11. The number of hydrogen-bond acceptors (Lipinski definition) is 2. The summed E-state index contributed by atoms with van der Waals surface area (Å²) in [5, 5.41) is 1.89. The summed E-state index contributed by atoms with van der Waals surface area (Å²) >= 11 is 1.49. The van der Waals surface area contributed by atoms with Gasteiger partial charge in [0.25, 0.3) is 0 Å². The second kappa shape index (κ2) is 4.31. The van der Waals surface area contributed by atoms with Crippen LogP contribution < -0.4 is 0 Å². The maximum atomic E-state index is 12.0. The zero-order chi connectivity index (χ0) is 10.8. The minimum Gasteiger partial charge on any atom is -0.293 e. The predicted octanol–water partition coefficient (Wildman–Crippen LogP) is 3.05. The average Bonchev–Trinajstić information content (AvgIpc) is 2.32. The van der Waals surface area contributed by atoms with Crippen molar-refractivity contribution in [1.29, 1.82) is 0 Å². The number of halogens is 3. The minimum atomic E-state index is -4.11. The fraction of sp³-hybridized carbons (Fsp3) is 0.556. The van der Waals surface area contributed by atoms with Crippen LogP contribution in [0.5, 0.6) is 0 Å². The number of rotatable bonds is 3. The smallest absolute Gasteiger partial charge is 0.293 e.